The van der Waals surface area contributed by atoms with Crippen LogP contribution in [-0.4, -0.2) is 60.2 Å². The lowest BCUT2D eigenvalue weighted by Crippen LogP contribution is -2.49. The Labute approximate surface area is 227 Å². The molecule has 7 rings (SSSR count). The van der Waals surface area contributed by atoms with Gasteiger partial charge < -0.3 is 5.32 Å². The first-order valence-corrected chi connectivity index (χ1v) is 13.1. The van der Waals surface area contributed by atoms with Crippen LogP contribution < -0.4 is 10.2 Å². The maximum atomic E-state index is 15.7. The van der Waals surface area contributed by atoms with Gasteiger partial charge in [-0.05, 0) is 67.2 Å². The second kappa shape index (κ2) is 9.93. The largest absolute Gasteiger partial charge is 0.315 e. The highest BCUT2D eigenvalue weighted by Gasteiger charge is 2.31. The molecule has 0 bridgehead atoms. The Morgan fingerprint density at radius 3 is 2.80 bits per heavy atom. The fourth-order valence-electron chi connectivity index (χ4n) is 5.30. The number of hydrogen-bond acceptors (Lipinski definition) is 7. The van der Waals surface area contributed by atoms with Gasteiger partial charge in [-0.25, -0.2) is 14.4 Å². The van der Waals surface area contributed by atoms with Crippen LogP contribution >= 0.6 is 0 Å². The van der Waals surface area contributed by atoms with Gasteiger partial charge in [-0.2, -0.15) is 9.78 Å². The molecule has 0 aliphatic carbocycles. The van der Waals surface area contributed by atoms with Crippen molar-refractivity contribution in [1.82, 2.24) is 40.5 Å². The fraction of sp³-hybridized carbons (Fsp3) is 0.172. The minimum Gasteiger partial charge on any atom is -0.315 e. The number of fused-ring (bicyclic) bond motifs is 2. The van der Waals surface area contributed by atoms with Crippen molar-refractivity contribution in [3.63, 3.8) is 0 Å². The Morgan fingerprint density at radius 1 is 1.02 bits per heavy atom. The molecule has 40 heavy (non-hydrogen) atoms. The van der Waals surface area contributed by atoms with Crippen molar-refractivity contribution in [1.29, 1.82) is 0 Å². The molecule has 2 N–H and O–H groups in total. The van der Waals surface area contributed by atoms with Gasteiger partial charge in [0.2, 0.25) is 0 Å². The van der Waals surface area contributed by atoms with Gasteiger partial charge in [-0.1, -0.05) is 17.3 Å². The van der Waals surface area contributed by atoms with E-state index in [0.29, 0.717) is 29.2 Å². The number of rotatable bonds is 5. The molecule has 10 nitrogen and oxygen atoms in total. The van der Waals surface area contributed by atoms with E-state index in [1.807, 2.05) is 30.3 Å². The zero-order valence-electron chi connectivity index (χ0n) is 21.3. The van der Waals surface area contributed by atoms with Gasteiger partial charge in [0, 0.05) is 42.2 Å². The molecule has 1 atom stereocenters. The molecule has 0 spiro atoms. The van der Waals surface area contributed by atoms with Crippen LogP contribution in [0.5, 0.6) is 0 Å². The van der Waals surface area contributed by atoms with E-state index in [-0.39, 0.29) is 11.6 Å². The molecule has 1 unspecified atom stereocenters. The molecular weight excluding hydrogens is 509 g/mol. The van der Waals surface area contributed by atoms with Crippen molar-refractivity contribution in [2.24, 2.45) is 0 Å². The van der Waals surface area contributed by atoms with Gasteiger partial charge in [0.25, 0.3) is 5.91 Å². The topological polar surface area (TPSA) is 118 Å². The number of carbonyl (C=O) groups excluding carboxylic acids is 1. The molecule has 6 aromatic rings. The molecule has 1 aliphatic heterocycles. The van der Waals surface area contributed by atoms with Crippen LogP contribution in [0.2, 0.25) is 0 Å². The SMILES string of the molecule is O=C(c1ccc(-n2nnc3cccnc32)cc1F)N(c1nccc2ccc(-c3ccn[nH]3)cc12)C1CCCNC1. The molecule has 1 amide bonds. The summed E-state index contributed by atoms with van der Waals surface area (Å²) >= 11 is 0. The molecule has 198 valence electrons. The summed E-state index contributed by atoms with van der Waals surface area (Å²) in [4.78, 5) is 24.8. The predicted octanol–water partition coefficient (Wildman–Crippen LogP) is 4.29. The number of benzene rings is 2. The molecule has 4 aromatic heterocycles. The Balaban J connectivity index is 1.32. The average Bonchev–Trinajstić information content (AvgIpc) is 3.69. The quantitative estimate of drug-likeness (QED) is 0.339. The monoisotopic (exact) mass is 533 g/mol. The lowest BCUT2D eigenvalue weighted by atomic mass is 10.0. The number of aromatic amines is 1. The highest BCUT2D eigenvalue weighted by atomic mass is 19.1. The van der Waals surface area contributed by atoms with Crippen LogP contribution in [0, 0.1) is 5.82 Å². The second-order valence-electron chi connectivity index (χ2n) is 9.73. The van der Waals surface area contributed by atoms with Crippen LogP contribution in [0.1, 0.15) is 23.2 Å². The molecule has 1 fully saturated rings. The third kappa shape index (κ3) is 4.16. The number of piperidine rings is 1. The first-order chi connectivity index (χ1) is 19.7. The number of nitrogens with zero attached hydrogens (tertiary/aromatic N) is 7. The third-order valence-electron chi connectivity index (χ3n) is 7.28. The summed E-state index contributed by atoms with van der Waals surface area (Å²) in [6.07, 6.45) is 6.67. The summed E-state index contributed by atoms with van der Waals surface area (Å²) in [5.41, 5.74) is 3.24. The number of hydrogen-bond donors (Lipinski definition) is 2. The molecular formula is C29H24FN9O. The number of anilines is 1. The van der Waals surface area contributed by atoms with Crippen molar-refractivity contribution in [3.8, 4) is 16.9 Å². The number of aromatic nitrogens is 7. The van der Waals surface area contributed by atoms with Gasteiger partial charge >= 0.3 is 0 Å². The second-order valence-corrected chi connectivity index (χ2v) is 9.73. The third-order valence-corrected chi connectivity index (χ3v) is 7.28. The summed E-state index contributed by atoms with van der Waals surface area (Å²) in [5.74, 6) is -0.618. The lowest BCUT2D eigenvalue weighted by molar-refractivity contribution is 0.0968. The van der Waals surface area contributed by atoms with Crippen molar-refractivity contribution >= 4 is 33.7 Å². The maximum absolute atomic E-state index is 15.7. The summed E-state index contributed by atoms with van der Waals surface area (Å²) in [6, 6.07) is 17.6. The van der Waals surface area contributed by atoms with Crippen LogP contribution in [0.3, 0.4) is 0 Å². The van der Waals surface area contributed by atoms with Crippen molar-refractivity contribution in [2.75, 3.05) is 18.0 Å². The van der Waals surface area contributed by atoms with Crippen LogP contribution in [0.4, 0.5) is 10.2 Å². The average molecular weight is 534 g/mol. The Bertz CT molecular complexity index is 1840. The van der Waals surface area contributed by atoms with Gasteiger partial charge in [0.1, 0.15) is 17.2 Å². The molecule has 0 radical (unpaired) electrons. The molecule has 1 aliphatic rings. The van der Waals surface area contributed by atoms with E-state index in [2.05, 4.69) is 35.8 Å². The molecule has 0 saturated carbocycles. The number of amides is 1. The Kier molecular flexibility index (Phi) is 5.97. The van der Waals surface area contributed by atoms with Gasteiger partial charge in [-0.3, -0.25) is 14.8 Å². The van der Waals surface area contributed by atoms with E-state index in [4.69, 9.17) is 0 Å². The highest BCUT2D eigenvalue weighted by Crippen LogP contribution is 2.32. The van der Waals surface area contributed by atoms with E-state index in [1.54, 1.807) is 41.7 Å². The van der Waals surface area contributed by atoms with Crippen LogP contribution in [0.15, 0.2) is 79.3 Å². The van der Waals surface area contributed by atoms with Crippen molar-refractivity contribution in [3.05, 3.63) is 90.6 Å². The molecule has 11 heteroatoms. The summed E-state index contributed by atoms with van der Waals surface area (Å²) in [6.45, 7) is 1.45. The minimum atomic E-state index is -0.658. The molecule has 2 aromatic carbocycles. The Hall–Kier alpha value is -5.03. The predicted molar refractivity (Wildman–Crippen MR) is 149 cm³/mol. The van der Waals surface area contributed by atoms with Gasteiger partial charge in [0.05, 0.1) is 23.0 Å². The minimum absolute atomic E-state index is 0.0461. The van der Waals surface area contributed by atoms with E-state index in [9.17, 15) is 4.79 Å². The van der Waals surface area contributed by atoms with Gasteiger partial charge in [0.15, 0.2) is 5.65 Å². The van der Waals surface area contributed by atoms with Crippen LogP contribution in [0.25, 0.3) is 38.9 Å². The normalized spacial score (nSPS) is 15.5. The van der Waals surface area contributed by atoms with E-state index in [0.717, 1.165) is 41.4 Å². The maximum Gasteiger partial charge on any atom is 0.262 e. The smallest absolute Gasteiger partial charge is 0.262 e. The van der Waals surface area contributed by atoms with E-state index < -0.39 is 11.7 Å². The van der Waals surface area contributed by atoms with Crippen molar-refractivity contribution < 1.29 is 9.18 Å². The zero-order chi connectivity index (χ0) is 27.1. The first kappa shape index (κ1) is 24.0. The number of carbonyl (C=O) groups is 1. The van der Waals surface area contributed by atoms with Crippen molar-refractivity contribution in [2.45, 2.75) is 18.9 Å². The summed E-state index contributed by atoms with van der Waals surface area (Å²) in [7, 11) is 0. The van der Waals surface area contributed by atoms with Gasteiger partial charge in [-0.15, -0.1) is 5.10 Å². The number of halogens is 1. The fourth-order valence-corrected chi connectivity index (χ4v) is 5.30. The number of H-pyrrole nitrogens is 1. The first-order valence-electron chi connectivity index (χ1n) is 13.1. The summed E-state index contributed by atoms with van der Waals surface area (Å²) in [5, 5.41) is 20.4. The highest BCUT2D eigenvalue weighted by molar-refractivity contribution is 6.10. The standard InChI is InChI=1S/C29H24FN9O/c30-24-16-20(39-28-26(36-37-39)4-2-12-32-28)7-8-22(24)29(40)38(21-3-1-11-31-17-21)27-23-15-19(25-10-14-34-35-25)6-5-18(23)9-13-33-27/h2,4-10,12-16,21,31H,1,3,11,17H2,(H,34,35). The van der Waals surface area contributed by atoms with E-state index >= 15 is 4.39 Å². The van der Waals surface area contributed by atoms with E-state index in [1.165, 1.54) is 16.8 Å². The number of pyridine rings is 2. The molecule has 5 heterocycles. The lowest BCUT2D eigenvalue weighted by Gasteiger charge is -2.34. The Morgan fingerprint density at radius 2 is 1.98 bits per heavy atom. The number of nitrogens with one attached hydrogen (secondary N) is 2. The zero-order valence-corrected chi connectivity index (χ0v) is 21.3. The van der Waals surface area contributed by atoms with Crippen LogP contribution in [-0.2, 0) is 0 Å². The molecule has 1 saturated heterocycles. The summed E-state index contributed by atoms with van der Waals surface area (Å²) < 4.78 is 17.2.